The van der Waals surface area contributed by atoms with Crippen molar-refractivity contribution in [1.29, 1.82) is 0 Å². The number of aliphatic hydroxyl groups excluding tert-OH is 1. The lowest BCUT2D eigenvalue weighted by atomic mass is 10.1. The normalized spacial score (nSPS) is 13.3. The van der Waals surface area contributed by atoms with Crippen molar-refractivity contribution in [2.24, 2.45) is 0 Å². The highest BCUT2D eigenvalue weighted by Gasteiger charge is 2.16. The first-order valence-corrected chi connectivity index (χ1v) is 10.0. The van der Waals surface area contributed by atoms with Crippen molar-refractivity contribution in [3.63, 3.8) is 0 Å². The Labute approximate surface area is 172 Å². The highest BCUT2D eigenvalue weighted by molar-refractivity contribution is 7.99. The molecule has 0 bridgehead atoms. The summed E-state index contributed by atoms with van der Waals surface area (Å²) in [7, 11) is 1.60. The Bertz CT molecular complexity index is 891. The molecule has 9 heteroatoms. The largest absolute Gasteiger partial charge is 0.494 e. The van der Waals surface area contributed by atoms with E-state index in [2.05, 4.69) is 15.5 Å². The molecule has 7 nitrogen and oxygen atoms in total. The molecular formula is C19H21ClN4O3S. The van der Waals surface area contributed by atoms with Crippen LogP contribution in [0.25, 0.3) is 5.69 Å². The van der Waals surface area contributed by atoms with Gasteiger partial charge in [0.2, 0.25) is 5.16 Å². The molecule has 0 fully saturated rings. The van der Waals surface area contributed by atoms with Crippen molar-refractivity contribution >= 4 is 23.4 Å². The third kappa shape index (κ3) is 5.23. The van der Waals surface area contributed by atoms with Gasteiger partial charge in [-0.3, -0.25) is 0 Å². The van der Waals surface area contributed by atoms with Crippen LogP contribution >= 0.6 is 23.4 Å². The van der Waals surface area contributed by atoms with Gasteiger partial charge in [0, 0.05) is 10.8 Å². The number of tetrazole rings is 1. The topological polar surface area (TPSA) is 82.3 Å². The number of halogens is 1. The molecule has 2 atom stereocenters. The lowest BCUT2D eigenvalue weighted by Crippen LogP contribution is -2.19. The Morgan fingerprint density at radius 3 is 2.68 bits per heavy atom. The summed E-state index contributed by atoms with van der Waals surface area (Å²) >= 11 is 7.25. The van der Waals surface area contributed by atoms with Crippen LogP contribution in [0.3, 0.4) is 0 Å². The maximum absolute atomic E-state index is 10.3. The summed E-state index contributed by atoms with van der Waals surface area (Å²) in [6, 6.07) is 14.9. The van der Waals surface area contributed by atoms with Gasteiger partial charge < -0.3 is 14.6 Å². The second-order valence-corrected chi connectivity index (χ2v) is 7.46. The highest BCUT2D eigenvalue weighted by Crippen LogP contribution is 2.26. The third-order valence-corrected chi connectivity index (χ3v) is 5.35. The molecule has 0 saturated heterocycles. The Kier molecular flexibility index (Phi) is 7.27. The number of aromatic nitrogens is 4. The maximum Gasteiger partial charge on any atom is 0.214 e. The maximum atomic E-state index is 10.3. The van der Waals surface area contributed by atoms with Crippen LogP contribution in [-0.2, 0) is 4.74 Å². The molecule has 0 aliphatic carbocycles. The molecule has 28 heavy (non-hydrogen) atoms. The Hall–Kier alpha value is -2.13. The quantitative estimate of drug-likeness (QED) is 0.530. The molecule has 0 aliphatic heterocycles. The van der Waals surface area contributed by atoms with Gasteiger partial charge in [0.05, 0.1) is 25.9 Å². The van der Waals surface area contributed by atoms with Crippen LogP contribution in [0.4, 0.5) is 0 Å². The monoisotopic (exact) mass is 420 g/mol. The lowest BCUT2D eigenvalue weighted by Gasteiger charge is -2.16. The van der Waals surface area contributed by atoms with E-state index >= 15 is 0 Å². The minimum atomic E-state index is -0.664. The zero-order valence-corrected chi connectivity index (χ0v) is 17.1. The zero-order chi connectivity index (χ0) is 19.9. The Morgan fingerprint density at radius 2 is 1.93 bits per heavy atom. The van der Waals surface area contributed by atoms with E-state index in [4.69, 9.17) is 21.1 Å². The van der Waals surface area contributed by atoms with E-state index < -0.39 is 6.10 Å². The molecule has 2 unspecified atom stereocenters. The fraction of sp³-hybridized carbons (Fsp3) is 0.316. The molecule has 1 aromatic heterocycles. The van der Waals surface area contributed by atoms with Gasteiger partial charge in [-0.25, -0.2) is 0 Å². The molecular weight excluding hydrogens is 400 g/mol. The Morgan fingerprint density at radius 1 is 1.18 bits per heavy atom. The molecule has 1 heterocycles. The standard InChI is InChI=1S/C19H21ClN4O3S/c1-13(14-7-9-15(20)10-8-14)27-11-16(25)12-28-19-21-22-23-24(19)17-5-3-4-6-18(17)26-2/h3-10,13,16,25H,11-12H2,1-2H3. The van der Waals surface area contributed by atoms with Crippen molar-refractivity contribution in [3.8, 4) is 11.4 Å². The average molecular weight is 421 g/mol. The fourth-order valence-corrected chi connectivity index (χ4v) is 3.44. The number of benzene rings is 2. The molecule has 148 valence electrons. The van der Waals surface area contributed by atoms with Gasteiger partial charge in [-0.05, 0) is 47.2 Å². The summed E-state index contributed by atoms with van der Waals surface area (Å²) in [5.74, 6) is 1.06. The number of hydrogen-bond donors (Lipinski definition) is 1. The number of para-hydroxylation sites is 2. The average Bonchev–Trinajstić information content (AvgIpc) is 3.19. The van der Waals surface area contributed by atoms with Gasteiger partial charge >= 0.3 is 0 Å². The fourth-order valence-electron chi connectivity index (χ4n) is 2.53. The smallest absolute Gasteiger partial charge is 0.214 e. The van der Waals surface area contributed by atoms with Crippen molar-refractivity contribution in [1.82, 2.24) is 20.2 Å². The lowest BCUT2D eigenvalue weighted by molar-refractivity contribution is 0.00621. The molecule has 3 rings (SSSR count). The van der Waals surface area contributed by atoms with Crippen molar-refractivity contribution < 1.29 is 14.6 Å². The van der Waals surface area contributed by atoms with Gasteiger partial charge in [-0.2, -0.15) is 4.68 Å². The minimum Gasteiger partial charge on any atom is -0.494 e. The molecule has 2 aromatic carbocycles. The number of methoxy groups -OCH3 is 1. The number of ether oxygens (including phenoxy) is 2. The van der Waals surface area contributed by atoms with Crippen LogP contribution in [0.2, 0.25) is 5.02 Å². The van der Waals surface area contributed by atoms with Gasteiger partial charge in [0.15, 0.2) is 0 Å². The summed E-state index contributed by atoms with van der Waals surface area (Å²) in [6.07, 6.45) is -0.807. The predicted octanol–water partition coefficient (Wildman–Crippen LogP) is 3.56. The molecule has 0 aliphatic rings. The second-order valence-electron chi connectivity index (χ2n) is 6.04. The van der Waals surface area contributed by atoms with Crippen LogP contribution in [-0.4, -0.2) is 50.9 Å². The number of aliphatic hydroxyl groups is 1. The van der Waals surface area contributed by atoms with E-state index in [0.717, 1.165) is 11.3 Å². The third-order valence-electron chi connectivity index (χ3n) is 4.04. The molecule has 0 radical (unpaired) electrons. The second kappa shape index (κ2) is 9.88. The van der Waals surface area contributed by atoms with Crippen molar-refractivity contribution in [2.45, 2.75) is 24.3 Å². The first-order chi connectivity index (χ1) is 13.6. The molecule has 1 N–H and O–H groups in total. The first-order valence-electron chi connectivity index (χ1n) is 8.68. The highest BCUT2D eigenvalue weighted by atomic mass is 35.5. The van der Waals surface area contributed by atoms with Crippen LogP contribution in [0.15, 0.2) is 53.7 Å². The Balaban J connectivity index is 1.55. The molecule has 0 saturated carbocycles. The number of hydrogen-bond acceptors (Lipinski definition) is 7. The van der Waals surface area contributed by atoms with Gasteiger partial charge in [-0.15, -0.1) is 5.10 Å². The first kappa shape index (κ1) is 20.6. The van der Waals surface area contributed by atoms with E-state index in [0.29, 0.717) is 21.7 Å². The summed E-state index contributed by atoms with van der Waals surface area (Å²) in [6.45, 7) is 2.14. The van der Waals surface area contributed by atoms with Gasteiger partial charge in [-0.1, -0.05) is 47.6 Å². The zero-order valence-electron chi connectivity index (χ0n) is 15.5. The van der Waals surface area contributed by atoms with E-state index in [1.807, 2.05) is 55.5 Å². The SMILES string of the molecule is COc1ccccc1-n1nnnc1SCC(O)COC(C)c1ccc(Cl)cc1. The van der Waals surface area contributed by atoms with Crippen LogP contribution in [0.5, 0.6) is 5.75 Å². The van der Waals surface area contributed by atoms with Crippen LogP contribution in [0, 0.1) is 0 Å². The minimum absolute atomic E-state index is 0.143. The summed E-state index contributed by atoms with van der Waals surface area (Å²) in [5.41, 5.74) is 1.74. The van der Waals surface area contributed by atoms with E-state index in [1.165, 1.54) is 11.8 Å². The summed E-state index contributed by atoms with van der Waals surface area (Å²) < 4.78 is 12.7. The van der Waals surface area contributed by atoms with E-state index in [1.54, 1.807) is 11.8 Å². The molecule has 0 amide bonds. The van der Waals surface area contributed by atoms with Gasteiger partial charge in [0.25, 0.3) is 0 Å². The van der Waals surface area contributed by atoms with E-state index in [-0.39, 0.29) is 12.7 Å². The molecule has 3 aromatic rings. The summed E-state index contributed by atoms with van der Waals surface area (Å²) in [5, 5.41) is 23.3. The number of nitrogens with zero attached hydrogens (tertiary/aromatic N) is 4. The van der Waals surface area contributed by atoms with E-state index in [9.17, 15) is 5.11 Å². The number of rotatable bonds is 9. The van der Waals surface area contributed by atoms with Crippen molar-refractivity contribution in [2.75, 3.05) is 19.5 Å². The predicted molar refractivity (Wildman–Crippen MR) is 108 cm³/mol. The van der Waals surface area contributed by atoms with Crippen LogP contribution in [0.1, 0.15) is 18.6 Å². The van der Waals surface area contributed by atoms with Crippen molar-refractivity contribution in [3.05, 3.63) is 59.1 Å². The van der Waals surface area contributed by atoms with Crippen LogP contribution < -0.4 is 4.74 Å². The molecule has 0 spiro atoms. The summed E-state index contributed by atoms with van der Waals surface area (Å²) in [4.78, 5) is 0. The van der Waals surface area contributed by atoms with Gasteiger partial charge in [0.1, 0.15) is 11.4 Å². The number of thioether (sulfide) groups is 1.